The molecule has 0 saturated heterocycles. The van der Waals surface area contributed by atoms with Crippen LogP contribution in [0.1, 0.15) is 11.1 Å². The number of rotatable bonds is 4. The highest BCUT2D eigenvalue weighted by Gasteiger charge is 2.23. The van der Waals surface area contributed by atoms with E-state index >= 15 is 0 Å². The molecule has 4 aromatic rings. The molecule has 0 fully saturated rings. The van der Waals surface area contributed by atoms with Crippen molar-refractivity contribution in [2.45, 2.75) is 13.1 Å². The van der Waals surface area contributed by atoms with Crippen molar-refractivity contribution in [2.24, 2.45) is 0 Å². The molecule has 8 heteroatoms. The number of nitrogens with two attached hydrogens (primary N) is 1. The summed E-state index contributed by atoms with van der Waals surface area (Å²) in [5.41, 5.74) is 10.3. The fourth-order valence-electron chi connectivity index (χ4n) is 4.01. The highest BCUT2D eigenvalue weighted by molar-refractivity contribution is 5.87. The quantitative estimate of drug-likeness (QED) is 0.543. The average Bonchev–Trinajstić information content (AvgIpc) is 3.16. The van der Waals surface area contributed by atoms with Crippen molar-refractivity contribution in [3.8, 4) is 5.75 Å². The number of nitrogens with zero attached hydrogens (tertiary/aromatic N) is 5. The number of hydrogen-bond acceptors (Lipinski definition) is 7. The van der Waals surface area contributed by atoms with Gasteiger partial charge in [-0.25, -0.2) is 0 Å². The number of anilines is 3. The number of para-hydroxylation sites is 1. The summed E-state index contributed by atoms with van der Waals surface area (Å²) in [4.78, 5) is 13.4. The first-order chi connectivity index (χ1) is 14.7. The van der Waals surface area contributed by atoms with Gasteiger partial charge >= 0.3 is 0 Å². The van der Waals surface area contributed by atoms with E-state index in [1.165, 1.54) is 16.8 Å². The number of benzene rings is 2. The van der Waals surface area contributed by atoms with Crippen LogP contribution >= 0.6 is 0 Å². The van der Waals surface area contributed by atoms with Crippen molar-refractivity contribution in [3.05, 3.63) is 65.9 Å². The van der Waals surface area contributed by atoms with E-state index in [4.69, 9.17) is 10.5 Å². The van der Waals surface area contributed by atoms with E-state index in [2.05, 4.69) is 66.4 Å². The molecular weight excluding hydrogens is 378 g/mol. The van der Waals surface area contributed by atoms with Crippen molar-refractivity contribution in [1.29, 1.82) is 0 Å². The standard InChI is InChI=1S/C22H23N7O/c1-30-17-7-4-5-15(11-17)13-28-9-10-29(14-16-6-2-3-8-19(16)28)21-18-12-24-27-20(18)25-22(23)26-21/h2-8,11-12H,9-10,13-14H2,1H3,(H3,23,24,25,26,27). The second kappa shape index (κ2) is 7.55. The maximum absolute atomic E-state index is 5.96. The number of nitrogens with one attached hydrogen (secondary N) is 1. The van der Waals surface area contributed by atoms with Crippen LogP contribution in [-0.4, -0.2) is 40.4 Å². The zero-order chi connectivity index (χ0) is 20.5. The molecule has 0 aliphatic carbocycles. The first kappa shape index (κ1) is 18.2. The van der Waals surface area contributed by atoms with Gasteiger partial charge in [-0.05, 0) is 29.3 Å². The van der Waals surface area contributed by atoms with E-state index in [1.807, 2.05) is 12.1 Å². The lowest BCUT2D eigenvalue weighted by Crippen LogP contribution is -2.31. The molecule has 0 bridgehead atoms. The van der Waals surface area contributed by atoms with Crippen molar-refractivity contribution in [3.63, 3.8) is 0 Å². The Morgan fingerprint density at radius 3 is 2.90 bits per heavy atom. The molecule has 30 heavy (non-hydrogen) atoms. The lowest BCUT2D eigenvalue weighted by molar-refractivity contribution is 0.414. The van der Waals surface area contributed by atoms with Crippen LogP contribution < -0.4 is 20.3 Å². The number of nitrogen functional groups attached to an aromatic ring is 1. The van der Waals surface area contributed by atoms with E-state index < -0.39 is 0 Å². The highest BCUT2D eigenvalue weighted by atomic mass is 16.5. The van der Waals surface area contributed by atoms with Gasteiger partial charge in [0.15, 0.2) is 5.65 Å². The van der Waals surface area contributed by atoms with Crippen molar-refractivity contribution < 1.29 is 4.74 Å². The van der Waals surface area contributed by atoms with Crippen LogP contribution in [-0.2, 0) is 13.1 Å². The zero-order valence-corrected chi connectivity index (χ0v) is 16.7. The predicted octanol–water partition coefficient (Wildman–Crippen LogP) is 2.97. The largest absolute Gasteiger partial charge is 0.497 e. The minimum Gasteiger partial charge on any atom is -0.497 e. The first-order valence-corrected chi connectivity index (χ1v) is 9.88. The van der Waals surface area contributed by atoms with Gasteiger partial charge in [-0.3, -0.25) is 5.10 Å². The Labute approximate surface area is 174 Å². The van der Waals surface area contributed by atoms with Gasteiger partial charge in [0.2, 0.25) is 5.95 Å². The number of hydrogen-bond donors (Lipinski definition) is 2. The van der Waals surface area contributed by atoms with Gasteiger partial charge in [-0.15, -0.1) is 0 Å². The maximum atomic E-state index is 5.96. The van der Waals surface area contributed by atoms with Crippen LogP contribution in [0, 0.1) is 0 Å². The third-order valence-corrected chi connectivity index (χ3v) is 5.45. The van der Waals surface area contributed by atoms with E-state index in [0.29, 0.717) is 5.65 Å². The average molecular weight is 401 g/mol. The van der Waals surface area contributed by atoms with Crippen LogP contribution in [0.3, 0.4) is 0 Å². The number of ether oxygens (including phenoxy) is 1. The molecule has 152 valence electrons. The smallest absolute Gasteiger partial charge is 0.224 e. The Morgan fingerprint density at radius 1 is 1.10 bits per heavy atom. The van der Waals surface area contributed by atoms with E-state index in [9.17, 15) is 0 Å². The van der Waals surface area contributed by atoms with Gasteiger partial charge in [0, 0.05) is 31.9 Å². The number of aromatic nitrogens is 4. The molecule has 0 radical (unpaired) electrons. The third kappa shape index (κ3) is 3.36. The van der Waals surface area contributed by atoms with E-state index in [1.54, 1.807) is 13.3 Å². The Balaban J connectivity index is 1.50. The Bertz CT molecular complexity index is 1190. The summed E-state index contributed by atoms with van der Waals surface area (Å²) in [5, 5.41) is 7.90. The summed E-state index contributed by atoms with van der Waals surface area (Å²) in [5.74, 6) is 1.92. The second-order valence-electron chi connectivity index (χ2n) is 7.36. The molecule has 0 saturated carbocycles. The summed E-state index contributed by atoms with van der Waals surface area (Å²) in [6.45, 7) is 3.18. The molecule has 1 aliphatic heterocycles. The van der Waals surface area contributed by atoms with Gasteiger partial charge in [0.1, 0.15) is 11.6 Å². The molecule has 1 aliphatic rings. The lowest BCUT2D eigenvalue weighted by atomic mass is 10.1. The van der Waals surface area contributed by atoms with Gasteiger partial charge in [-0.2, -0.15) is 15.1 Å². The predicted molar refractivity (Wildman–Crippen MR) is 118 cm³/mol. The molecule has 2 aromatic heterocycles. The summed E-state index contributed by atoms with van der Waals surface area (Å²) < 4.78 is 5.40. The molecule has 0 amide bonds. The third-order valence-electron chi connectivity index (χ3n) is 5.45. The minimum atomic E-state index is 0.243. The molecule has 3 N–H and O–H groups in total. The fraction of sp³-hybridized carbons (Fsp3) is 0.227. The van der Waals surface area contributed by atoms with Gasteiger partial charge in [0.05, 0.1) is 18.7 Å². The zero-order valence-electron chi connectivity index (χ0n) is 16.7. The van der Waals surface area contributed by atoms with Gasteiger partial charge < -0.3 is 20.3 Å². The van der Waals surface area contributed by atoms with Crippen molar-refractivity contribution >= 4 is 28.5 Å². The number of aromatic amines is 1. The van der Waals surface area contributed by atoms with Crippen LogP contribution in [0.5, 0.6) is 5.75 Å². The maximum Gasteiger partial charge on any atom is 0.224 e. The summed E-state index contributed by atoms with van der Waals surface area (Å²) in [7, 11) is 1.70. The molecule has 5 rings (SSSR count). The highest BCUT2D eigenvalue weighted by Crippen LogP contribution is 2.31. The summed E-state index contributed by atoms with van der Waals surface area (Å²) >= 11 is 0. The molecule has 0 spiro atoms. The van der Waals surface area contributed by atoms with E-state index in [0.717, 1.165) is 43.1 Å². The van der Waals surface area contributed by atoms with Crippen LogP contribution in [0.15, 0.2) is 54.7 Å². The normalized spacial score (nSPS) is 13.9. The number of H-pyrrole nitrogens is 1. The molecule has 0 unspecified atom stereocenters. The molecule has 0 atom stereocenters. The first-order valence-electron chi connectivity index (χ1n) is 9.88. The van der Waals surface area contributed by atoms with Crippen LogP contribution in [0.4, 0.5) is 17.5 Å². The molecule has 8 nitrogen and oxygen atoms in total. The SMILES string of the molecule is COc1cccc(CN2CCN(c3nc(N)nc4[nH]ncc34)Cc3ccccc32)c1. The Kier molecular flexibility index (Phi) is 4.59. The Hall–Kier alpha value is -3.81. The molecule has 2 aromatic carbocycles. The summed E-state index contributed by atoms with van der Waals surface area (Å²) in [6.07, 6.45) is 1.76. The van der Waals surface area contributed by atoms with Crippen LogP contribution in [0.2, 0.25) is 0 Å². The second-order valence-corrected chi connectivity index (χ2v) is 7.36. The Morgan fingerprint density at radius 2 is 2.00 bits per heavy atom. The van der Waals surface area contributed by atoms with Crippen molar-refractivity contribution in [2.75, 3.05) is 35.7 Å². The number of fused-ring (bicyclic) bond motifs is 2. The van der Waals surface area contributed by atoms with Gasteiger partial charge in [0.25, 0.3) is 0 Å². The van der Waals surface area contributed by atoms with Crippen LogP contribution in [0.25, 0.3) is 11.0 Å². The summed E-state index contributed by atoms with van der Waals surface area (Å²) in [6, 6.07) is 16.7. The number of methoxy groups -OCH3 is 1. The van der Waals surface area contributed by atoms with Crippen molar-refractivity contribution in [1.82, 2.24) is 20.2 Å². The molecule has 3 heterocycles. The molecular formula is C22H23N7O. The minimum absolute atomic E-state index is 0.243. The fourth-order valence-corrected chi connectivity index (χ4v) is 4.01. The lowest BCUT2D eigenvalue weighted by Gasteiger charge is -2.25. The van der Waals surface area contributed by atoms with E-state index in [-0.39, 0.29) is 5.95 Å². The topological polar surface area (TPSA) is 96.2 Å². The monoisotopic (exact) mass is 401 g/mol. The van der Waals surface area contributed by atoms with Gasteiger partial charge in [-0.1, -0.05) is 30.3 Å².